The molecule has 2 aliphatic heterocycles. The molecule has 132 valence electrons. The van der Waals surface area contributed by atoms with Crippen molar-refractivity contribution in [3.8, 4) is 0 Å². The van der Waals surface area contributed by atoms with Gasteiger partial charge in [0.2, 0.25) is 0 Å². The lowest BCUT2D eigenvalue weighted by Crippen LogP contribution is -2.45. The molecular weight excluding hydrogens is 302 g/mol. The van der Waals surface area contributed by atoms with Crippen molar-refractivity contribution in [3.63, 3.8) is 0 Å². The Morgan fingerprint density at radius 3 is 2.62 bits per heavy atom. The summed E-state index contributed by atoms with van der Waals surface area (Å²) in [5.74, 6) is 1.04. The Morgan fingerprint density at radius 1 is 1.21 bits per heavy atom. The Bertz CT molecular complexity index is 599. The van der Waals surface area contributed by atoms with E-state index in [1.54, 1.807) is 0 Å². The molecule has 0 bridgehead atoms. The predicted octanol–water partition coefficient (Wildman–Crippen LogP) is 1.34. The number of carbonyl (C=O) groups is 1. The van der Waals surface area contributed by atoms with E-state index in [1.165, 1.54) is 24.9 Å². The molecule has 0 atom stereocenters. The van der Waals surface area contributed by atoms with Gasteiger partial charge in [0.05, 0.1) is 5.69 Å². The largest absolute Gasteiger partial charge is 0.337 e. The van der Waals surface area contributed by atoms with Crippen LogP contribution in [0, 0.1) is 5.92 Å². The molecule has 6 nitrogen and oxygen atoms in total. The van der Waals surface area contributed by atoms with Crippen molar-refractivity contribution >= 4 is 5.91 Å². The van der Waals surface area contributed by atoms with E-state index in [4.69, 9.17) is 0 Å². The van der Waals surface area contributed by atoms with Crippen LogP contribution in [0.5, 0.6) is 0 Å². The lowest BCUT2D eigenvalue weighted by molar-refractivity contribution is 0.0656. The zero-order chi connectivity index (χ0) is 16.7. The lowest BCUT2D eigenvalue weighted by atomic mass is 10.0. The Hall–Kier alpha value is -1.40. The van der Waals surface area contributed by atoms with Crippen LogP contribution in [0.3, 0.4) is 0 Å². The van der Waals surface area contributed by atoms with E-state index in [1.807, 2.05) is 4.90 Å². The second kappa shape index (κ2) is 6.48. The van der Waals surface area contributed by atoms with E-state index >= 15 is 0 Å². The number of nitrogens with zero attached hydrogens (tertiary/aromatic N) is 4. The summed E-state index contributed by atoms with van der Waals surface area (Å²) < 4.78 is 0. The first-order valence-corrected chi connectivity index (χ1v) is 9.36. The molecule has 2 fully saturated rings. The van der Waals surface area contributed by atoms with Crippen LogP contribution in [-0.4, -0.2) is 77.1 Å². The summed E-state index contributed by atoms with van der Waals surface area (Å²) in [6.45, 7) is 4.88. The van der Waals surface area contributed by atoms with Crippen molar-refractivity contribution in [2.24, 2.45) is 5.92 Å². The van der Waals surface area contributed by atoms with Gasteiger partial charge in [-0.1, -0.05) is 0 Å². The summed E-state index contributed by atoms with van der Waals surface area (Å²) >= 11 is 0. The number of H-pyrrole nitrogens is 1. The molecule has 1 saturated heterocycles. The molecular formula is C18H29N5O. The minimum atomic E-state index is 0.125. The number of likely N-dealkylation sites (tertiary alicyclic amines) is 1. The van der Waals surface area contributed by atoms with Crippen LogP contribution in [0.1, 0.15) is 47.4 Å². The van der Waals surface area contributed by atoms with Gasteiger partial charge in [0, 0.05) is 44.3 Å². The summed E-state index contributed by atoms with van der Waals surface area (Å²) in [7, 11) is 4.25. The number of nitrogens with one attached hydrogen (secondary N) is 1. The van der Waals surface area contributed by atoms with E-state index in [-0.39, 0.29) is 5.91 Å². The minimum absolute atomic E-state index is 0.125. The second-order valence-corrected chi connectivity index (χ2v) is 7.94. The number of fused-ring (bicyclic) bond motifs is 1. The summed E-state index contributed by atoms with van der Waals surface area (Å²) in [5, 5.41) is 7.55. The second-order valence-electron chi connectivity index (χ2n) is 7.94. The molecule has 3 aliphatic rings. The van der Waals surface area contributed by atoms with Crippen LogP contribution >= 0.6 is 0 Å². The van der Waals surface area contributed by atoms with E-state index in [9.17, 15) is 4.79 Å². The van der Waals surface area contributed by atoms with Gasteiger partial charge in [0.1, 0.15) is 0 Å². The average molecular weight is 331 g/mol. The van der Waals surface area contributed by atoms with E-state index in [0.717, 1.165) is 57.1 Å². The molecule has 6 heteroatoms. The van der Waals surface area contributed by atoms with Crippen LogP contribution in [-0.2, 0) is 13.0 Å². The zero-order valence-corrected chi connectivity index (χ0v) is 14.9. The van der Waals surface area contributed by atoms with Crippen LogP contribution in [0.25, 0.3) is 0 Å². The fourth-order valence-corrected chi connectivity index (χ4v) is 4.11. The third-order valence-corrected chi connectivity index (χ3v) is 5.91. The van der Waals surface area contributed by atoms with Crippen molar-refractivity contribution in [1.29, 1.82) is 0 Å². The Morgan fingerprint density at radius 2 is 1.96 bits per heavy atom. The molecule has 0 unspecified atom stereocenters. The normalized spacial score (nSPS) is 22.9. The molecule has 1 N–H and O–H groups in total. The van der Waals surface area contributed by atoms with E-state index in [2.05, 4.69) is 34.1 Å². The Labute approximate surface area is 144 Å². The molecule has 1 amide bonds. The minimum Gasteiger partial charge on any atom is -0.337 e. The van der Waals surface area contributed by atoms with Crippen LogP contribution in [0.15, 0.2) is 0 Å². The van der Waals surface area contributed by atoms with Gasteiger partial charge < -0.3 is 9.80 Å². The molecule has 0 radical (unpaired) electrons. The van der Waals surface area contributed by atoms with Gasteiger partial charge in [-0.3, -0.25) is 14.8 Å². The van der Waals surface area contributed by atoms with Crippen molar-refractivity contribution in [2.45, 2.75) is 44.7 Å². The van der Waals surface area contributed by atoms with Crippen molar-refractivity contribution in [1.82, 2.24) is 24.9 Å². The molecule has 1 aromatic rings. The monoisotopic (exact) mass is 331 g/mol. The average Bonchev–Trinajstić information content (AvgIpc) is 3.30. The molecule has 3 heterocycles. The summed E-state index contributed by atoms with van der Waals surface area (Å²) in [5.41, 5.74) is 3.01. The highest BCUT2D eigenvalue weighted by atomic mass is 16.2. The van der Waals surface area contributed by atoms with Gasteiger partial charge in [0.15, 0.2) is 5.69 Å². The number of carbonyl (C=O) groups excluding carboxylic acids is 1. The molecule has 4 rings (SSSR count). The zero-order valence-electron chi connectivity index (χ0n) is 14.9. The third-order valence-electron chi connectivity index (χ3n) is 5.91. The summed E-state index contributed by atoms with van der Waals surface area (Å²) in [6.07, 6.45) is 5.84. The highest BCUT2D eigenvalue weighted by molar-refractivity contribution is 5.94. The number of amides is 1. The Kier molecular flexibility index (Phi) is 4.35. The maximum atomic E-state index is 12.9. The van der Waals surface area contributed by atoms with Crippen LogP contribution in [0.2, 0.25) is 0 Å². The smallest absolute Gasteiger partial charge is 0.274 e. The molecule has 1 aromatic heterocycles. The van der Waals surface area contributed by atoms with Gasteiger partial charge in [-0.05, 0) is 52.1 Å². The van der Waals surface area contributed by atoms with Gasteiger partial charge >= 0.3 is 0 Å². The number of aromatic amines is 1. The Balaban J connectivity index is 1.40. The first-order valence-electron chi connectivity index (χ1n) is 9.36. The third kappa shape index (κ3) is 3.22. The van der Waals surface area contributed by atoms with Crippen LogP contribution < -0.4 is 0 Å². The first kappa shape index (κ1) is 16.1. The lowest BCUT2D eigenvalue weighted by Gasteiger charge is -2.35. The fraction of sp³-hybridized carbons (Fsp3) is 0.778. The van der Waals surface area contributed by atoms with E-state index < -0.39 is 0 Å². The highest BCUT2D eigenvalue weighted by Gasteiger charge is 2.32. The quantitative estimate of drug-likeness (QED) is 0.905. The fourth-order valence-electron chi connectivity index (χ4n) is 4.11. The van der Waals surface area contributed by atoms with Gasteiger partial charge in [0.25, 0.3) is 5.91 Å². The number of aromatic nitrogens is 2. The van der Waals surface area contributed by atoms with Gasteiger partial charge in [-0.2, -0.15) is 5.10 Å². The number of hydrogen-bond acceptors (Lipinski definition) is 4. The van der Waals surface area contributed by atoms with Crippen molar-refractivity contribution in [2.75, 3.05) is 40.3 Å². The summed E-state index contributed by atoms with van der Waals surface area (Å²) in [4.78, 5) is 19.7. The molecule has 0 aromatic carbocycles. The molecule has 1 saturated carbocycles. The van der Waals surface area contributed by atoms with Crippen LogP contribution in [0.4, 0.5) is 0 Å². The predicted molar refractivity (Wildman–Crippen MR) is 92.9 cm³/mol. The standard InChI is InChI=1S/C18H29N5O/c1-21(2)14-5-9-23(10-6-14)18(24)17-15-7-8-22(11-13-3-4-13)12-16(15)19-20-17/h13-14H,3-12H2,1-2H3,(H,19,20). The number of hydrogen-bond donors (Lipinski definition) is 1. The summed E-state index contributed by atoms with van der Waals surface area (Å²) in [6, 6.07) is 0.595. The van der Waals surface area contributed by atoms with Crippen molar-refractivity contribution < 1.29 is 4.79 Å². The van der Waals surface area contributed by atoms with Gasteiger partial charge in [-0.25, -0.2) is 0 Å². The maximum absolute atomic E-state index is 12.9. The van der Waals surface area contributed by atoms with Crippen molar-refractivity contribution in [3.05, 3.63) is 17.0 Å². The van der Waals surface area contributed by atoms with E-state index in [0.29, 0.717) is 11.7 Å². The highest BCUT2D eigenvalue weighted by Crippen LogP contribution is 2.31. The molecule has 24 heavy (non-hydrogen) atoms. The maximum Gasteiger partial charge on any atom is 0.274 e. The molecule has 1 aliphatic carbocycles. The number of rotatable bonds is 4. The SMILES string of the molecule is CN(C)C1CCN(C(=O)c2n[nH]c3c2CCN(CC2CC2)C3)CC1. The number of piperidine rings is 1. The molecule has 0 spiro atoms. The first-order chi connectivity index (χ1) is 11.6. The van der Waals surface area contributed by atoms with Gasteiger partial charge in [-0.15, -0.1) is 0 Å². The topological polar surface area (TPSA) is 55.5 Å².